The molecule has 76 valence electrons. The summed E-state index contributed by atoms with van der Waals surface area (Å²) in [6.07, 6.45) is 1.00. The van der Waals surface area contributed by atoms with Gasteiger partial charge in [0.25, 0.3) is 0 Å². The van der Waals surface area contributed by atoms with Gasteiger partial charge >= 0.3 is 0 Å². The smallest absolute Gasteiger partial charge is 0.183 e. The van der Waals surface area contributed by atoms with Crippen molar-refractivity contribution in [1.29, 1.82) is 0 Å². The fraction of sp³-hybridized carbons (Fsp3) is 0.400. The van der Waals surface area contributed by atoms with E-state index >= 15 is 0 Å². The Kier molecular flexibility index (Phi) is 2.61. The Morgan fingerprint density at radius 3 is 2.86 bits per heavy atom. The lowest BCUT2D eigenvalue weighted by molar-refractivity contribution is 0.431. The average Bonchev–Trinajstić information content (AvgIpc) is 2.66. The van der Waals surface area contributed by atoms with Crippen LogP contribution in [0.15, 0.2) is 12.1 Å². The molecule has 1 heterocycles. The lowest BCUT2D eigenvalue weighted by atomic mass is 9.98. The second-order valence-corrected chi connectivity index (χ2v) is 3.93. The Morgan fingerprint density at radius 1 is 1.50 bits per heavy atom. The van der Waals surface area contributed by atoms with Gasteiger partial charge in [-0.1, -0.05) is 11.6 Å². The number of phenols is 1. The van der Waals surface area contributed by atoms with Crippen molar-refractivity contribution in [3.05, 3.63) is 28.5 Å². The summed E-state index contributed by atoms with van der Waals surface area (Å²) < 4.78 is 13.0. The van der Waals surface area contributed by atoms with Gasteiger partial charge in [0.05, 0.1) is 5.02 Å². The number of hydrogen-bond acceptors (Lipinski definition) is 2. The zero-order valence-electron chi connectivity index (χ0n) is 7.56. The van der Waals surface area contributed by atoms with Crippen LogP contribution >= 0.6 is 11.6 Å². The van der Waals surface area contributed by atoms with Gasteiger partial charge < -0.3 is 10.4 Å². The Bertz CT molecular complexity index is 327. The molecule has 0 bridgehead atoms. The average molecular weight is 216 g/mol. The van der Waals surface area contributed by atoms with Gasteiger partial charge in [-0.15, -0.1) is 0 Å². The fourth-order valence-corrected chi connectivity index (χ4v) is 1.99. The maximum Gasteiger partial charge on any atom is 0.183 e. The van der Waals surface area contributed by atoms with E-state index in [0.29, 0.717) is 5.92 Å². The van der Waals surface area contributed by atoms with E-state index in [1.165, 1.54) is 6.07 Å². The highest BCUT2D eigenvalue weighted by Crippen LogP contribution is 2.31. The van der Waals surface area contributed by atoms with E-state index in [4.69, 9.17) is 11.6 Å². The standard InChI is InChI=1S/C10H11ClFNO/c11-8-3-7(4-9(14)10(8)12)6-1-2-13-5-6/h3-4,6,13-14H,1-2,5H2. The first-order chi connectivity index (χ1) is 6.68. The minimum Gasteiger partial charge on any atom is -0.505 e. The SMILES string of the molecule is Oc1cc(C2CCNC2)cc(Cl)c1F. The first-order valence-electron chi connectivity index (χ1n) is 4.57. The quantitative estimate of drug-likeness (QED) is 0.753. The number of nitrogens with one attached hydrogen (secondary N) is 1. The van der Waals surface area contributed by atoms with Crippen molar-refractivity contribution in [2.24, 2.45) is 0 Å². The number of rotatable bonds is 1. The van der Waals surface area contributed by atoms with Gasteiger partial charge in [0.1, 0.15) is 0 Å². The summed E-state index contributed by atoms with van der Waals surface area (Å²) >= 11 is 5.64. The number of benzene rings is 1. The van der Waals surface area contributed by atoms with Crippen LogP contribution < -0.4 is 5.32 Å². The van der Waals surface area contributed by atoms with Crippen LogP contribution in [0.1, 0.15) is 17.9 Å². The largest absolute Gasteiger partial charge is 0.505 e. The normalized spacial score (nSPS) is 21.4. The van der Waals surface area contributed by atoms with Crippen molar-refractivity contribution < 1.29 is 9.50 Å². The van der Waals surface area contributed by atoms with Crippen LogP contribution in [0, 0.1) is 5.82 Å². The van der Waals surface area contributed by atoms with Gasteiger partial charge in [-0.05, 0) is 36.6 Å². The molecular weight excluding hydrogens is 205 g/mol. The van der Waals surface area contributed by atoms with E-state index in [9.17, 15) is 9.50 Å². The minimum absolute atomic E-state index is 0.00750. The monoisotopic (exact) mass is 215 g/mol. The van der Waals surface area contributed by atoms with Gasteiger partial charge in [-0.3, -0.25) is 0 Å². The molecule has 1 aromatic carbocycles. The number of halogens is 2. The van der Waals surface area contributed by atoms with E-state index in [2.05, 4.69) is 5.32 Å². The summed E-state index contributed by atoms with van der Waals surface area (Å²) in [7, 11) is 0. The molecule has 0 spiro atoms. The number of phenolic OH excluding ortho intramolecular Hbond substituents is 1. The van der Waals surface area contributed by atoms with Crippen molar-refractivity contribution in [2.45, 2.75) is 12.3 Å². The summed E-state index contributed by atoms with van der Waals surface area (Å²) in [4.78, 5) is 0. The molecule has 1 atom stereocenters. The number of aromatic hydroxyl groups is 1. The predicted octanol–water partition coefficient (Wildman–Crippen LogP) is 2.26. The molecule has 0 radical (unpaired) electrons. The molecule has 0 saturated carbocycles. The van der Waals surface area contributed by atoms with Crippen molar-refractivity contribution in [3.8, 4) is 5.75 Å². The van der Waals surface area contributed by atoms with Crippen LogP contribution in [-0.4, -0.2) is 18.2 Å². The van der Waals surface area contributed by atoms with Crippen LogP contribution in [-0.2, 0) is 0 Å². The van der Waals surface area contributed by atoms with Gasteiger partial charge in [0.2, 0.25) is 0 Å². The van der Waals surface area contributed by atoms with Crippen molar-refractivity contribution in [3.63, 3.8) is 0 Å². The zero-order valence-corrected chi connectivity index (χ0v) is 8.31. The van der Waals surface area contributed by atoms with Crippen molar-refractivity contribution in [2.75, 3.05) is 13.1 Å². The van der Waals surface area contributed by atoms with Gasteiger partial charge in [-0.2, -0.15) is 0 Å². The van der Waals surface area contributed by atoms with E-state index in [1.54, 1.807) is 6.07 Å². The molecule has 1 aliphatic rings. The second kappa shape index (κ2) is 3.75. The van der Waals surface area contributed by atoms with Gasteiger partial charge in [-0.25, -0.2) is 4.39 Å². The molecule has 0 aromatic heterocycles. The Morgan fingerprint density at radius 2 is 2.29 bits per heavy atom. The summed E-state index contributed by atoms with van der Waals surface area (Å²) in [5, 5.41) is 12.5. The lowest BCUT2D eigenvalue weighted by Crippen LogP contribution is -2.08. The van der Waals surface area contributed by atoms with Crippen LogP contribution in [0.4, 0.5) is 4.39 Å². The lowest BCUT2D eigenvalue weighted by Gasteiger charge is -2.10. The van der Waals surface area contributed by atoms with Crippen LogP contribution in [0.3, 0.4) is 0 Å². The Labute approximate surface area is 86.7 Å². The molecule has 2 nitrogen and oxygen atoms in total. The van der Waals surface area contributed by atoms with Crippen molar-refractivity contribution in [1.82, 2.24) is 5.32 Å². The molecule has 2 N–H and O–H groups in total. The van der Waals surface area contributed by atoms with E-state index in [-0.39, 0.29) is 10.8 Å². The summed E-state index contributed by atoms with van der Waals surface area (Å²) in [5.74, 6) is -0.764. The molecule has 1 saturated heterocycles. The minimum atomic E-state index is -0.735. The molecule has 1 aromatic rings. The van der Waals surface area contributed by atoms with Crippen molar-refractivity contribution >= 4 is 11.6 Å². The Balaban J connectivity index is 2.34. The van der Waals surface area contributed by atoms with Gasteiger partial charge in [0, 0.05) is 6.54 Å². The highest BCUT2D eigenvalue weighted by molar-refractivity contribution is 6.31. The maximum atomic E-state index is 13.0. The fourth-order valence-electron chi connectivity index (χ4n) is 1.77. The van der Waals surface area contributed by atoms with Crippen LogP contribution in [0.5, 0.6) is 5.75 Å². The molecule has 0 amide bonds. The summed E-state index contributed by atoms with van der Waals surface area (Å²) in [6, 6.07) is 3.05. The highest BCUT2D eigenvalue weighted by atomic mass is 35.5. The highest BCUT2D eigenvalue weighted by Gasteiger charge is 2.19. The third-order valence-electron chi connectivity index (χ3n) is 2.56. The Hall–Kier alpha value is -0.800. The third kappa shape index (κ3) is 1.70. The van der Waals surface area contributed by atoms with E-state index < -0.39 is 5.82 Å². The van der Waals surface area contributed by atoms with E-state index in [1.807, 2.05) is 0 Å². The molecule has 1 unspecified atom stereocenters. The zero-order chi connectivity index (χ0) is 10.1. The third-order valence-corrected chi connectivity index (χ3v) is 2.84. The second-order valence-electron chi connectivity index (χ2n) is 3.53. The molecule has 1 aliphatic heterocycles. The first kappa shape index (κ1) is 9.74. The summed E-state index contributed by atoms with van der Waals surface area (Å²) in [5.41, 5.74) is 0.902. The van der Waals surface area contributed by atoms with Crippen LogP contribution in [0.25, 0.3) is 0 Å². The molecular formula is C10H11ClFNO. The van der Waals surface area contributed by atoms with E-state index in [0.717, 1.165) is 25.1 Å². The molecule has 2 rings (SSSR count). The molecule has 0 aliphatic carbocycles. The maximum absolute atomic E-state index is 13.0. The topological polar surface area (TPSA) is 32.3 Å². The predicted molar refractivity (Wildman–Crippen MR) is 53.3 cm³/mol. The first-order valence-corrected chi connectivity index (χ1v) is 4.95. The number of hydrogen-bond donors (Lipinski definition) is 2. The molecule has 4 heteroatoms. The molecule has 1 fully saturated rings. The van der Waals surface area contributed by atoms with Crippen LogP contribution in [0.2, 0.25) is 5.02 Å². The molecule has 14 heavy (non-hydrogen) atoms. The summed E-state index contributed by atoms with van der Waals surface area (Å²) in [6.45, 7) is 1.82. The van der Waals surface area contributed by atoms with Gasteiger partial charge in [0.15, 0.2) is 11.6 Å².